The molecule has 1 amide bonds. The second-order valence-electron chi connectivity index (χ2n) is 5.96. The first-order valence-corrected chi connectivity index (χ1v) is 9.16. The molecule has 0 spiro atoms. The van der Waals surface area contributed by atoms with Gasteiger partial charge in [0.2, 0.25) is 5.76 Å². The van der Waals surface area contributed by atoms with Crippen molar-refractivity contribution in [3.8, 4) is 5.75 Å². The second kappa shape index (κ2) is 10.7. The first-order valence-electron chi connectivity index (χ1n) is 8.78. The van der Waals surface area contributed by atoms with Crippen molar-refractivity contribution in [1.29, 1.82) is 5.41 Å². The smallest absolute Gasteiger partial charge is 0.293 e. The predicted molar refractivity (Wildman–Crippen MR) is 116 cm³/mol. The molecule has 150 valence electrons. The second-order valence-corrected chi connectivity index (χ2v) is 6.39. The molecule has 6 nitrogen and oxygen atoms in total. The number of halogens is 1. The SMILES string of the molecule is C/C=C(O)\C=C/Cc1ccc(O/C(C(=O)Nc2ccc(Cl)cc2)=C(\N)C=N)cc1. The zero-order valence-electron chi connectivity index (χ0n) is 15.9. The van der Waals surface area contributed by atoms with Crippen LogP contribution in [0.5, 0.6) is 5.75 Å². The lowest BCUT2D eigenvalue weighted by Crippen LogP contribution is -2.23. The van der Waals surface area contributed by atoms with Gasteiger partial charge in [0.05, 0.1) is 5.70 Å². The molecule has 0 bridgehead atoms. The molecule has 0 aliphatic rings. The van der Waals surface area contributed by atoms with Crippen LogP contribution in [0.4, 0.5) is 5.69 Å². The predicted octanol–water partition coefficient (Wildman–Crippen LogP) is 4.74. The number of aliphatic hydroxyl groups excluding tert-OH is 1. The minimum atomic E-state index is -0.581. The minimum absolute atomic E-state index is 0.106. The lowest BCUT2D eigenvalue weighted by atomic mass is 10.1. The summed E-state index contributed by atoms with van der Waals surface area (Å²) in [6.45, 7) is 1.75. The van der Waals surface area contributed by atoms with Gasteiger partial charge in [-0.3, -0.25) is 4.79 Å². The van der Waals surface area contributed by atoms with E-state index in [-0.39, 0.29) is 17.2 Å². The van der Waals surface area contributed by atoms with Crippen molar-refractivity contribution in [2.24, 2.45) is 5.73 Å². The monoisotopic (exact) mass is 411 g/mol. The molecule has 0 saturated carbocycles. The highest BCUT2D eigenvalue weighted by Gasteiger charge is 2.16. The quantitative estimate of drug-likeness (QED) is 0.218. The third-order valence-corrected chi connectivity index (χ3v) is 4.06. The van der Waals surface area contributed by atoms with Crippen LogP contribution in [-0.2, 0) is 11.2 Å². The van der Waals surface area contributed by atoms with Gasteiger partial charge in [-0.15, -0.1) is 0 Å². The zero-order chi connectivity index (χ0) is 21.2. The van der Waals surface area contributed by atoms with Gasteiger partial charge in [-0.25, -0.2) is 0 Å². The number of anilines is 1. The number of benzene rings is 2. The maximum absolute atomic E-state index is 12.6. The van der Waals surface area contributed by atoms with Crippen LogP contribution in [0.15, 0.2) is 84.0 Å². The topological polar surface area (TPSA) is 108 Å². The third-order valence-electron chi connectivity index (χ3n) is 3.81. The van der Waals surface area contributed by atoms with Crippen molar-refractivity contribution in [2.45, 2.75) is 13.3 Å². The summed E-state index contributed by atoms with van der Waals surface area (Å²) in [7, 11) is 0. The van der Waals surface area contributed by atoms with Crippen LogP contribution in [-0.4, -0.2) is 17.2 Å². The van der Waals surface area contributed by atoms with Crippen molar-refractivity contribution in [1.82, 2.24) is 0 Å². The summed E-state index contributed by atoms with van der Waals surface area (Å²) in [6, 6.07) is 13.6. The minimum Gasteiger partial charge on any atom is -0.508 e. The Bertz CT molecular complexity index is 946. The van der Waals surface area contributed by atoms with Crippen molar-refractivity contribution in [3.63, 3.8) is 0 Å². The molecule has 2 rings (SSSR count). The first-order chi connectivity index (χ1) is 13.9. The number of nitrogens with one attached hydrogen (secondary N) is 2. The molecular weight excluding hydrogens is 390 g/mol. The summed E-state index contributed by atoms with van der Waals surface area (Å²) >= 11 is 5.84. The fourth-order valence-electron chi connectivity index (χ4n) is 2.25. The summed E-state index contributed by atoms with van der Waals surface area (Å²) in [5.41, 5.74) is 7.18. The number of aliphatic hydroxyl groups is 1. The molecule has 2 aromatic rings. The highest BCUT2D eigenvalue weighted by atomic mass is 35.5. The summed E-state index contributed by atoms with van der Waals surface area (Å²) in [4.78, 5) is 12.6. The Hall–Kier alpha value is -3.51. The largest absolute Gasteiger partial charge is 0.508 e. The van der Waals surface area contributed by atoms with Crippen LogP contribution in [0, 0.1) is 5.41 Å². The fourth-order valence-corrected chi connectivity index (χ4v) is 2.37. The van der Waals surface area contributed by atoms with E-state index in [0.717, 1.165) is 11.8 Å². The zero-order valence-corrected chi connectivity index (χ0v) is 16.6. The molecule has 0 aliphatic carbocycles. The number of hydrogen-bond donors (Lipinski definition) is 4. The molecule has 0 atom stereocenters. The van der Waals surface area contributed by atoms with Crippen molar-refractivity contribution in [3.05, 3.63) is 94.6 Å². The summed E-state index contributed by atoms with van der Waals surface area (Å²) < 4.78 is 5.64. The summed E-state index contributed by atoms with van der Waals surface area (Å²) in [6.07, 6.45) is 6.54. The van der Waals surface area contributed by atoms with Gasteiger partial charge in [-0.05, 0) is 67.5 Å². The molecule has 5 N–H and O–H groups in total. The van der Waals surface area contributed by atoms with E-state index >= 15 is 0 Å². The van der Waals surface area contributed by atoms with E-state index in [2.05, 4.69) is 5.32 Å². The number of hydrogen-bond acceptors (Lipinski definition) is 5. The molecule has 0 saturated heterocycles. The number of carbonyl (C=O) groups is 1. The molecular formula is C22H22ClN3O3. The van der Waals surface area contributed by atoms with Crippen LogP contribution in [0.1, 0.15) is 12.5 Å². The Labute approximate surface area is 174 Å². The lowest BCUT2D eigenvalue weighted by Gasteiger charge is -2.12. The lowest BCUT2D eigenvalue weighted by molar-refractivity contribution is -0.114. The first kappa shape index (κ1) is 21.8. The van der Waals surface area contributed by atoms with Gasteiger partial charge >= 0.3 is 0 Å². The Kier molecular flexibility index (Phi) is 8.06. The van der Waals surface area contributed by atoms with E-state index in [1.165, 1.54) is 0 Å². The van der Waals surface area contributed by atoms with Gasteiger partial charge in [0.25, 0.3) is 5.91 Å². The molecule has 0 fully saturated rings. The van der Waals surface area contributed by atoms with Gasteiger partial charge in [0.1, 0.15) is 11.5 Å². The average Bonchev–Trinajstić information content (AvgIpc) is 2.73. The molecule has 29 heavy (non-hydrogen) atoms. The van der Waals surface area contributed by atoms with Crippen molar-refractivity contribution < 1.29 is 14.6 Å². The number of allylic oxidation sites excluding steroid dienone is 4. The van der Waals surface area contributed by atoms with Gasteiger partial charge < -0.3 is 26.3 Å². The standard InChI is InChI=1S/C22H22ClN3O3/c1-2-18(27)5-3-4-15-6-12-19(13-7-15)29-21(20(25)14-24)22(28)26-17-10-8-16(23)9-11-17/h2-3,5-14,24,27H,4,25H2,1H3,(H,26,28)/b5-3-,18-2+,21-20-,24-14?. The van der Waals surface area contributed by atoms with Crippen LogP contribution in [0.25, 0.3) is 0 Å². The van der Waals surface area contributed by atoms with Gasteiger partial charge in [-0.2, -0.15) is 0 Å². The third kappa shape index (κ3) is 6.86. The molecule has 0 aliphatic heterocycles. The van der Waals surface area contributed by atoms with E-state index in [9.17, 15) is 9.90 Å². The van der Waals surface area contributed by atoms with E-state index in [4.69, 9.17) is 27.5 Å². The normalized spacial score (nSPS) is 12.4. The number of ether oxygens (including phenoxy) is 1. The van der Waals surface area contributed by atoms with Gasteiger partial charge in [0, 0.05) is 16.9 Å². The molecule has 2 aromatic carbocycles. The van der Waals surface area contributed by atoms with Crippen LogP contribution in [0.3, 0.4) is 0 Å². The Morgan fingerprint density at radius 1 is 1.21 bits per heavy atom. The number of carbonyl (C=O) groups excluding carboxylic acids is 1. The van der Waals surface area contributed by atoms with Crippen LogP contribution < -0.4 is 15.8 Å². The van der Waals surface area contributed by atoms with E-state index in [0.29, 0.717) is 22.9 Å². The maximum atomic E-state index is 12.6. The molecule has 0 heterocycles. The van der Waals surface area contributed by atoms with E-state index in [1.807, 2.05) is 18.2 Å². The van der Waals surface area contributed by atoms with E-state index in [1.54, 1.807) is 55.5 Å². The van der Waals surface area contributed by atoms with E-state index < -0.39 is 5.91 Å². The Morgan fingerprint density at radius 3 is 2.45 bits per heavy atom. The van der Waals surface area contributed by atoms with Crippen molar-refractivity contribution >= 4 is 29.4 Å². The molecule has 7 heteroatoms. The molecule has 0 aromatic heterocycles. The highest BCUT2D eigenvalue weighted by Crippen LogP contribution is 2.19. The number of nitrogens with two attached hydrogens (primary N) is 1. The van der Waals surface area contributed by atoms with Crippen LogP contribution in [0.2, 0.25) is 5.02 Å². The molecule has 0 unspecified atom stereocenters. The molecule has 0 radical (unpaired) electrons. The fraction of sp³-hybridized carbons (Fsp3) is 0.0909. The summed E-state index contributed by atoms with van der Waals surface area (Å²) in [5, 5.41) is 20.0. The highest BCUT2D eigenvalue weighted by molar-refractivity contribution is 6.30. The Balaban J connectivity index is 2.10. The van der Waals surface area contributed by atoms with Crippen molar-refractivity contribution in [2.75, 3.05) is 5.32 Å². The maximum Gasteiger partial charge on any atom is 0.293 e. The van der Waals surface area contributed by atoms with Crippen LogP contribution >= 0.6 is 11.6 Å². The van der Waals surface area contributed by atoms with Gasteiger partial charge in [0.15, 0.2) is 0 Å². The summed E-state index contributed by atoms with van der Waals surface area (Å²) in [5.74, 6) is -0.156. The Morgan fingerprint density at radius 2 is 1.86 bits per heavy atom. The van der Waals surface area contributed by atoms with Gasteiger partial charge in [-0.1, -0.05) is 29.8 Å². The number of amides is 1. The average molecular weight is 412 g/mol. The number of rotatable bonds is 8.